The Morgan fingerprint density at radius 1 is 0.944 bits per heavy atom. The highest BCUT2D eigenvalue weighted by molar-refractivity contribution is 6.94. The maximum Gasteiger partial charge on any atom is 0.123 e. The number of benzene rings is 2. The van der Waals surface area contributed by atoms with Crippen molar-refractivity contribution in [1.82, 2.24) is 0 Å². The molecule has 0 saturated heterocycles. The number of rotatable bonds is 3. The van der Waals surface area contributed by atoms with Gasteiger partial charge in [-0.15, -0.1) is 0 Å². The minimum Gasteiger partial charge on any atom is -0.207 e. The monoisotopic (exact) mass is 256 g/mol. The molecule has 0 aliphatic carbocycles. The third-order valence-electron chi connectivity index (χ3n) is 3.06. The topological polar surface area (TPSA) is 0 Å². The van der Waals surface area contributed by atoms with Crippen molar-refractivity contribution >= 4 is 19.3 Å². The fourth-order valence-electron chi connectivity index (χ4n) is 1.88. The van der Waals surface area contributed by atoms with Crippen LogP contribution in [0.15, 0.2) is 60.3 Å². The molecule has 0 nitrogen and oxygen atoms in total. The van der Waals surface area contributed by atoms with Gasteiger partial charge in [-0.3, -0.25) is 0 Å². The van der Waals surface area contributed by atoms with Crippen LogP contribution in [0.1, 0.15) is 5.56 Å². The predicted molar refractivity (Wildman–Crippen MR) is 79.0 cm³/mol. The summed E-state index contributed by atoms with van der Waals surface area (Å²) < 4.78 is 13.1. The fourth-order valence-corrected chi connectivity index (χ4v) is 3.73. The molecule has 0 atom stereocenters. The first-order chi connectivity index (χ1) is 8.58. The Kier molecular flexibility index (Phi) is 3.77. The molecule has 0 aliphatic rings. The van der Waals surface area contributed by atoms with Crippen LogP contribution in [0, 0.1) is 5.82 Å². The van der Waals surface area contributed by atoms with E-state index in [9.17, 15) is 4.39 Å². The van der Waals surface area contributed by atoms with E-state index in [0.717, 1.165) is 5.56 Å². The Labute approximate surface area is 109 Å². The van der Waals surface area contributed by atoms with E-state index >= 15 is 0 Å². The van der Waals surface area contributed by atoms with E-state index in [4.69, 9.17) is 0 Å². The lowest BCUT2D eigenvalue weighted by Gasteiger charge is -2.18. The van der Waals surface area contributed by atoms with Crippen LogP contribution in [0.4, 0.5) is 4.39 Å². The number of hydrogen-bond donors (Lipinski definition) is 0. The molecule has 2 aromatic carbocycles. The molecule has 18 heavy (non-hydrogen) atoms. The number of halogens is 1. The molecule has 92 valence electrons. The van der Waals surface area contributed by atoms with Gasteiger partial charge in [0.05, 0.1) is 0 Å². The minimum atomic E-state index is -1.58. The molecule has 0 aromatic heterocycles. The molecule has 0 amide bonds. The van der Waals surface area contributed by atoms with Crippen LogP contribution in [-0.4, -0.2) is 8.07 Å². The molecule has 0 spiro atoms. The summed E-state index contributed by atoms with van der Waals surface area (Å²) in [6.07, 6.45) is 2.03. The van der Waals surface area contributed by atoms with Gasteiger partial charge in [0.25, 0.3) is 0 Å². The Morgan fingerprint density at radius 3 is 2.33 bits per heavy atom. The third kappa shape index (κ3) is 3.17. The molecule has 0 fully saturated rings. The Morgan fingerprint density at radius 2 is 1.67 bits per heavy atom. The van der Waals surface area contributed by atoms with Gasteiger partial charge in [-0.05, 0) is 17.7 Å². The molecule has 0 aliphatic heterocycles. The smallest absolute Gasteiger partial charge is 0.123 e. The van der Waals surface area contributed by atoms with Crippen molar-refractivity contribution in [2.45, 2.75) is 13.1 Å². The van der Waals surface area contributed by atoms with E-state index in [0.29, 0.717) is 0 Å². The van der Waals surface area contributed by atoms with Crippen molar-refractivity contribution in [3.8, 4) is 0 Å². The Hall–Kier alpha value is -1.67. The van der Waals surface area contributed by atoms with Gasteiger partial charge in [-0.2, -0.15) is 0 Å². The van der Waals surface area contributed by atoms with Gasteiger partial charge >= 0.3 is 0 Å². The summed E-state index contributed by atoms with van der Waals surface area (Å²) in [5, 5.41) is 1.39. The second-order valence-electron chi connectivity index (χ2n) is 4.98. The van der Waals surface area contributed by atoms with Crippen molar-refractivity contribution < 1.29 is 4.39 Å². The molecule has 0 N–H and O–H groups in total. The quantitative estimate of drug-likeness (QED) is 0.728. The molecular weight excluding hydrogens is 239 g/mol. The lowest BCUT2D eigenvalue weighted by Crippen LogP contribution is -2.39. The van der Waals surface area contributed by atoms with Gasteiger partial charge < -0.3 is 0 Å². The van der Waals surface area contributed by atoms with E-state index in [2.05, 4.69) is 43.1 Å². The van der Waals surface area contributed by atoms with Crippen molar-refractivity contribution in [3.05, 3.63) is 71.7 Å². The first-order valence-corrected chi connectivity index (χ1v) is 9.16. The van der Waals surface area contributed by atoms with E-state index < -0.39 is 8.07 Å². The molecule has 0 unspecified atom stereocenters. The average Bonchev–Trinajstić information content (AvgIpc) is 2.38. The highest BCUT2D eigenvalue weighted by Gasteiger charge is 2.18. The van der Waals surface area contributed by atoms with Crippen LogP contribution in [0.25, 0.3) is 6.08 Å². The summed E-state index contributed by atoms with van der Waals surface area (Å²) in [5.41, 5.74) is 3.17. The molecule has 0 bridgehead atoms. The van der Waals surface area contributed by atoms with Gasteiger partial charge in [0, 0.05) is 0 Å². The van der Waals surface area contributed by atoms with Crippen LogP contribution in [0.2, 0.25) is 13.1 Å². The van der Waals surface area contributed by atoms with Crippen LogP contribution in [-0.2, 0) is 0 Å². The largest absolute Gasteiger partial charge is 0.207 e. The summed E-state index contributed by atoms with van der Waals surface area (Å²) in [5.74, 6) is -0.184. The van der Waals surface area contributed by atoms with Crippen molar-refractivity contribution in [2.75, 3.05) is 0 Å². The Bertz CT molecular complexity index is 544. The average molecular weight is 256 g/mol. The predicted octanol–water partition coefficient (Wildman–Crippen LogP) is 3.99. The van der Waals surface area contributed by atoms with Crippen LogP contribution < -0.4 is 5.19 Å². The van der Waals surface area contributed by atoms with Crippen molar-refractivity contribution in [3.63, 3.8) is 0 Å². The zero-order chi connectivity index (χ0) is 13.0. The van der Waals surface area contributed by atoms with Crippen molar-refractivity contribution in [1.29, 1.82) is 0 Å². The minimum absolute atomic E-state index is 0.184. The van der Waals surface area contributed by atoms with Crippen molar-refractivity contribution in [2.24, 2.45) is 0 Å². The zero-order valence-electron chi connectivity index (χ0n) is 10.7. The van der Waals surface area contributed by atoms with Gasteiger partial charge in [-0.1, -0.05) is 72.5 Å². The Balaban J connectivity index is 2.23. The summed E-state index contributed by atoms with van der Waals surface area (Å²) in [7, 11) is -1.58. The normalized spacial score (nSPS) is 11.9. The fraction of sp³-hybridized carbons (Fsp3) is 0.125. The number of hydrogen-bond acceptors (Lipinski definition) is 0. The first kappa shape index (κ1) is 12.8. The lowest BCUT2D eigenvalue weighted by atomic mass is 10.2. The summed E-state index contributed by atoms with van der Waals surface area (Å²) >= 11 is 0. The molecule has 2 aromatic rings. The first-order valence-electron chi connectivity index (χ1n) is 6.08. The van der Waals surface area contributed by atoms with Gasteiger partial charge in [0.2, 0.25) is 0 Å². The van der Waals surface area contributed by atoms with E-state index in [-0.39, 0.29) is 5.82 Å². The standard InChI is InChI=1S/C16H17FSi/c1-18(2,16-9-4-3-5-10-16)12-11-14-7-6-8-15(17)13-14/h3-13H,1-2H3/b12-11+. The molecule has 0 radical (unpaired) electrons. The SMILES string of the molecule is C[Si](C)(/C=C/c1cccc(F)c1)c1ccccc1. The molecule has 0 heterocycles. The van der Waals surface area contributed by atoms with Crippen LogP contribution in [0.5, 0.6) is 0 Å². The van der Waals surface area contributed by atoms with Gasteiger partial charge in [0.15, 0.2) is 0 Å². The molecule has 2 heteroatoms. The second-order valence-corrected chi connectivity index (χ2v) is 9.33. The van der Waals surface area contributed by atoms with E-state index in [1.54, 1.807) is 12.1 Å². The lowest BCUT2D eigenvalue weighted by molar-refractivity contribution is 0.627. The van der Waals surface area contributed by atoms with Gasteiger partial charge in [-0.25, -0.2) is 4.39 Å². The molecular formula is C16H17FSi. The summed E-state index contributed by atoms with van der Waals surface area (Å²) in [6.45, 7) is 4.58. The van der Waals surface area contributed by atoms with E-state index in [1.165, 1.54) is 11.3 Å². The highest BCUT2D eigenvalue weighted by Crippen LogP contribution is 2.10. The maximum atomic E-state index is 13.1. The summed E-state index contributed by atoms with van der Waals surface area (Å²) in [4.78, 5) is 0. The highest BCUT2D eigenvalue weighted by atomic mass is 28.3. The van der Waals surface area contributed by atoms with Gasteiger partial charge in [0.1, 0.15) is 13.9 Å². The van der Waals surface area contributed by atoms with Crippen LogP contribution >= 0.6 is 0 Å². The van der Waals surface area contributed by atoms with Crippen LogP contribution in [0.3, 0.4) is 0 Å². The molecule has 0 saturated carbocycles. The maximum absolute atomic E-state index is 13.1. The second kappa shape index (κ2) is 5.32. The van der Waals surface area contributed by atoms with E-state index in [1.807, 2.05) is 18.2 Å². The third-order valence-corrected chi connectivity index (χ3v) is 5.88. The summed E-state index contributed by atoms with van der Waals surface area (Å²) in [6, 6.07) is 17.2. The molecule has 2 rings (SSSR count). The zero-order valence-corrected chi connectivity index (χ0v) is 11.7.